The highest BCUT2D eigenvalue weighted by Crippen LogP contribution is 2.34. The van der Waals surface area contributed by atoms with E-state index in [4.69, 9.17) is 4.74 Å². The lowest BCUT2D eigenvalue weighted by Gasteiger charge is -2.34. The summed E-state index contributed by atoms with van der Waals surface area (Å²) in [6.07, 6.45) is 4.56. The average Bonchev–Trinajstić information content (AvgIpc) is 3.41. The van der Waals surface area contributed by atoms with Gasteiger partial charge in [-0.1, -0.05) is 25.0 Å². The summed E-state index contributed by atoms with van der Waals surface area (Å²) in [7, 11) is 0. The summed E-state index contributed by atoms with van der Waals surface area (Å²) < 4.78 is 7.52. The Morgan fingerprint density at radius 2 is 1.97 bits per heavy atom. The van der Waals surface area contributed by atoms with E-state index < -0.39 is 0 Å². The molecule has 1 N–H and O–H groups in total. The Labute approximate surface area is 168 Å². The molecule has 1 aliphatic heterocycles. The van der Waals surface area contributed by atoms with Crippen LogP contribution in [0.2, 0.25) is 0 Å². The quantitative estimate of drug-likeness (QED) is 0.731. The van der Waals surface area contributed by atoms with Gasteiger partial charge in [0, 0.05) is 24.2 Å². The zero-order valence-corrected chi connectivity index (χ0v) is 16.7. The van der Waals surface area contributed by atoms with Gasteiger partial charge in [0.2, 0.25) is 0 Å². The van der Waals surface area contributed by atoms with Crippen molar-refractivity contribution in [2.24, 2.45) is 0 Å². The average molecular weight is 394 g/mol. The molecule has 152 valence electrons. The van der Waals surface area contributed by atoms with Gasteiger partial charge in [-0.3, -0.25) is 9.69 Å². The van der Waals surface area contributed by atoms with Crippen molar-refractivity contribution in [1.29, 1.82) is 0 Å². The minimum atomic E-state index is -0.288. The van der Waals surface area contributed by atoms with Crippen LogP contribution in [0.3, 0.4) is 0 Å². The van der Waals surface area contributed by atoms with Gasteiger partial charge >= 0.3 is 0 Å². The molecule has 5 rings (SSSR count). The summed E-state index contributed by atoms with van der Waals surface area (Å²) in [5.74, 6) is 0.760. The summed E-state index contributed by atoms with van der Waals surface area (Å²) in [6.45, 7) is 4.80. The number of fused-ring (bicyclic) bond motifs is 1. The molecular weight excluding hydrogens is 368 g/mol. The zero-order chi connectivity index (χ0) is 19.8. The lowest BCUT2D eigenvalue weighted by atomic mass is 10.0. The first-order valence-corrected chi connectivity index (χ1v) is 10.4. The highest BCUT2D eigenvalue weighted by Gasteiger charge is 2.33. The van der Waals surface area contributed by atoms with E-state index in [0.717, 1.165) is 48.2 Å². The second-order valence-corrected chi connectivity index (χ2v) is 8.12. The molecule has 3 aromatic rings. The fourth-order valence-electron chi connectivity index (χ4n) is 4.66. The zero-order valence-electron chi connectivity index (χ0n) is 16.7. The number of hydrogen-bond donors (Lipinski definition) is 1. The van der Waals surface area contributed by atoms with Crippen LogP contribution in [0.15, 0.2) is 29.1 Å². The highest BCUT2D eigenvalue weighted by molar-refractivity contribution is 5.79. The third-order valence-electron chi connectivity index (χ3n) is 6.17. The molecule has 8 nitrogen and oxygen atoms in total. The van der Waals surface area contributed by atoms with E-state index in [9.17, 15) is 4.79 Å². The van der Waals surface area contributed by atoms with Crippen LogP contribution in [0.4, 0.5) is 0 Å². The summed E-state index contributed by atoms with van der Waals surface area (Å²) in [5.41, 5.74) is 2.59. The van der Waals surface area contributed by atoms with Crippen molar-refractivity contribution in [2.45, 2.75) is 44.7 Å². The maximum atomic E-state index is 13.2. The number of morpholine rings is 1. The molecule has 8 heteroatoms. The summed E-state index contributed by atoms with van der Waals surface area (Å²) in [5, 5.41) is 13.8. The number of ether oxygens (including phenoxy) is 1. The van der Waals surface area contributed by atoms with Gasteiger partial charge in [-0.15, -0.1) is 5.10 Å². The van der Waals surface area contributed by atoms with E-state index >= 15 is 0 Å². The highest BCUT2D eigenvalue weighted by atomic mass is 16.5. The Balaban J connectivity index is 1.65. The molecule has 1 aromatic carbocycles. The van der Waals surface area contributed by atoms with Crippen LogP contribution in [-0.2, 0) is 4.74 Å². The molecule has 2 aromatic heterocycles. The molecule has 0 spiro atoms. The van der Waals surface area contributed by atoms with Crippen LogP contribution in [-0.4, -0.2) is 56.4 Å². The van der Waals surface area contributed by atoms with E-state index in [2.05, 4.69) is 37.5 Å². The van der Waals surface area contributed by atoms with Crippen molar-refractivity contribution in [1.82, 2.24) is 30.1 Å². The van der Waals surface area contributed by atoms with Crippen molar-refractivity contribution in [3.8, 4) is 0 Å². The lowest BCUT2D eigenvalue weighted by molar-refractivity contribution is 0.0211. The molecule has 1 unspecified atom stereocenters. The van der Waals surface area contributed by atoms with Gasteiger partial charge in [-0.05, 0) is 53.3 Å². The first kappa shape index (κ1) is 18.4. The number of nitrogens with one attached hydrogen (secondary N) is 1. The minimum absolute atomic E-state index is 0.0828. The molecular formula is C21H26N6O2. The fourth-order valence-corrected chi connectivity index (χ4v) is 4.66. The third kappa shape index (κ3) is 3.47. The Morgan fingerprint density at radius 3 is 2.76 bits per heavy atom. The van der Waals surface area contributed by atoms with Crippen LogP contribution in [0.25, 0.3) is 10.9 Å². The van der Waals surface area contributed by atoms with E-state index in [-0.39, 0.29) is 11.6 Å². The molecule has 0 radical (unpaired) electrons. The molecule has 3 heterocycles. The molecule has 29 heavy (non-hydrogen) atoms. The van der Waals surface area contributed by atoms with E-state index in [0.29, 0.717) is 24.8 Å². The Morgan fingerprint density at radius 1 is 1.17 bits per heavy atom. The first-order chi connectivity index (χ1) is 14.2. The number of benzene rings is 1. The predicted molar refractivity (Wildman–Crippen MR) is 109 cm³/mol. The Hall–Kier alpha value is -2.58. The largest absolute Gasteiger partial charge is 0.379 e. The standard InChI is InChI=1S/C21H26N6O2/c1-14-6-7-15-13-17(21(28)22-18(15)12-14)19(26-8-10-29-11-9-26)20-23-24-25-27(20)16-4-2-3-5-16/h6-7,12-13,16,19H,2-5,8-11H2,1H3,(H,22,28). The molecule has 1 atom stereocenters. The number of rotatable bonds is 4. The topological polar surface area (TPSA) is 88.9 Å². The van der Waals surface area contributed by atoms with Crippen molar-refractivity contribution in [3.63, 3.8) is 0 Å². The normalized spacial score (nSPS) is 19.8. The number of pyridine rings is 1. The van der Waals surface area contributed by atoms with E-state index in [1.54, 1.807) is 0 Å². The fraction of sp³-hybridized carbons (Fsp3) is 0.524. The van der Waals surface area contributed by atoms with Crippen LogP contribution >= 0.6 is 0 Å². The molecule has 1 aliphatic carbocycles. The van der Waals surface area contributed by atoms with Gasteiger partial charge in [-0.2, -0.15) is 0 Å². The van der Waals surface area contributed by atoms with Crippen LogP contribution in [0.1, 0.15) is 54.7 Å². The molecule has 0 bridgehead atoms. The van der Waals surface area contributed by atoms with Crippen LogP contribution < -0.4 is 5.56 Å². The molecule has 1 saturated carbocycles. The predicted octanol–water partition coefficient (Wildman–Crippen LogP) is 2.36. The smallest absolute Gasteiger partial charge is 0.253 e. The number of nitrogens with zero attached hydrogens (tertiary/aromatic N) is 5. The molecule has 2 fully saturated rings. The van der Waals surface area contributed by atoms with Crippen molar-refractivity contribution in [2.75, 3.05) is 26.3 Å². The summed E-state index contributed by atoms with van der Waals surface area (Å²) >= 11 is 0. The summed E-state index contributed by atoms with van der Waals surface area (Å²) in [4.78, 5) is 18.5. The molecule has 0 amide bonds. The number of tetrazole rings is 1. The van der Waals surface area contributed by atoms with Gasteiger partial charge in [0.05, 0.1) is 19.3 Å². The second kappa shape index (κ2) is 7.68. The maximum Gasteiger partial charge on any atom is 0.253 e. The number of H-pyrrole nitrogens is 1. The number of aryl methyl sites for hydroxylation is 1. The maximum absolute atomic E-state index is 13.2. The van der Waals surface area contributed by atoms with Crippen LogP contribution in [0.5, 0.6) is 0 Å². The van der Waals surface area contributed by atoms with Gasteiger partial charge in [0.1, 0.15) is 6.04 Å². The van der Waals surface area contributed by atoms with Gasteiger partial charge in [0.15, 0.2) is 5.82 Å². The first-order valence-electron chi connectivity index (χ1n) is 10.4. The second-order valence-electron chi connectivity index (χ2n) is 8.12. The lowest BCUT2D eigenvalue weighted by Crippen LogP contribution is -2.42. The Bertz CT molecular complexity index is 1060. The van der Waals surface area contributed by atoms with E-state index in [1.165, 1.54) is 12.8 Å². The molecule has 1 saturated heterocycles. The van der Waals surface area contributed by atoms with Gasteiger partial charge < -0.3 is 9.72 Å². The van der Waals surface area contributed by atoms with Crippen molar-refractivity contribution in [3.05, 3.63) is 51.6 Å². The molecule has 2 aliphatic rings. The number of hydrogen-bond acceptors (Lipinski definition) is 6. The monoisotopic (exact) mass is 394 g/mol. The number of aromatic nitrogens is 5. The van der Waals surface area contributed by atoms with Crippen LogP contribution in [0, 0.1) is 6.92 Å². The summed E-state index contributed by atoms with van der Waals surface area (Å²) in [6, 6.07) is 8.15. The number of aromatic amines is 1. The van der Waals surface area contributed by atoms with Gasteiger partial charge in [0.25, 0.3) is 5.56 Å². The van der Waals surface area contributed by atoms with Crippen molar-refractivity contribution >= 4 is 10.9 Å². The van der Waals surface area contributed by atoms with Gasteiger partial charge in [-0.25, -0.2) is 4.68 Å². The van der Waals surface area contributed by atoms with E-state index in [1.807, 2.05) is 23.7 Å². The van der Waals surface area contributed by atoms with Crippen molar-refractivity contribution < 1.29 is 4.74 Å². The third-order valence-corrected chi connectivity index (χ3v) is 6.17. The minimum Gasteiger partial charge on any atom is -0.379 e. The SMILES string of the molecule is Cc1ccc2cc(C(c3nnnn3C3CCCC3)N3CCOCC3)c(=O)[nH]c2c1. The Kier molecular flexibility index (Phi) is 4.89.